The fraction of sp³-hybridized carbons (Fsp3) is 0.222. The first-order valence-corrected chi connectivity index (χ1v) is 8.26. The summed E-state index contributed by atoms with van der Waals surface area (Å²) in [7, 11) is 1.60. The van der Waals surface area contributed by atoms with Crippen LogP contribution in [0.1, 0.15) is 19.4 Å². The van der Waals surface area contributed by atoms with Crippen LogP contribution >= 0.6 is 23.2 Å². The number of benzene rings is 2. The molecule has 2 aromatic carbocycles. The molecule has 0 aliphatic heterocycles. The Bertz CT molecular complexity index is 776. The Hall–Kier alpha value is -2.24. The molecule has 0 saturated heterocycles. The molecule has 2 aromatic rings. The minimum absolute atomic E-state index is 0.338. The van der Waals surface area contributed by atoms with Crippen molar-refractivity contribution in [2.45, 2.75) is 20.0 Å². The summed E-state index contributed by atoms with van der Waals surface area (Å²) in [6.07, 6.45) is -0.772. The summed E-state index contributed by atoms with van der Waals surface area (Å²) >= 11 is 11.9. The lowest BCUT2D eigenvalue weighted by Gasteiger charge is -2.14. The number of hydrogen-bond donors (Lipinski definition) is 1. The van der Waals surface area contributed by atoms with Gasteiger partial charge in [-0.2, -0.15) is 5.10 Å². The third-order valence-corrected chi connectivity index (χ3v) is 3.94. The van der Waals surface area contributed by atoms with Crippen LogP contribution in [0.15, 0.2) is 47.6 Å². The van der Waals surface area contributed by atoms with Crippen LogP contribution in [0, 0.1) is 0 Å². The molecule has 132 valence electrons. The van der Waals surface area contributed by atoms with Crippen molar-refractivity contribution in [2.75, 3.05) is 7.11 Å². The van der Waals surface area contributed by atoms with Crippen molar-refractivity contribution < 1.29 is 14.3 Å². The van der Waals surface area contributed by atoms with Crippen LogP contribution in [0.2, 0.25) is 10.0 Å². The highest BCUT2D eigenvalue weighted by Gasteiger charge is 2.16. The molecule has 2 rings (SSSR count). The Balaban J connectivity index is 1.97. The van der Waals surface area contributed by atoms with Gasteiger partial charge in [0.05, 0.1) is 17.8 Å². The zero-order valence-corrected chi connectivity index (χ0v) is 15.6. The second-order valence-corrected chi connectivity index (χ2v) is 6.08. The lowest BCUT2D eigenvalue weighted by molar-refractivity contribution is -0.127. The number of hydrogen-bond acceptors (Lipinski definition) is 4. The Morgan fingerprint density at radius 2 is 1.84 bits per heavy atom. The van der Waals surface area contributed by atoms with Gasteiger partial charge in [0.2, 0.25) is 0 Å². The third kappa shape index (κ3) is 5.37. The normalized spacial score (nSPS) is 12.4. The monoisotopic (exact) mass is 380 g/mol. The molecule has 0 bridgehead atoms. The van der Waals surface area contributed by atoms with E-state index in [0.717, 1.165) is 11.3 Å². The molecule has 1 amide bonds. The molecule has 1 atom stereocenters. The first kappa shape index (κ1) is 19.1. The van der Waals surface area contributed by atoms with Crippen molar-refractivity contribution in [3.8, 4) is 11.5 Å². The van der Waals surface area contributed by atoms with E-state index in [1.54, 1.807) is 39.2 Å². The Labute approximate surface area is 156 Å². The number of hydrazone groups is 1. The number of halogens is 2. The fourth-order valence-electron chi connectivity index (χ4n) is 1.94. The summed E-state index contributed by atoms with van der Waals surface area (Å²) in [4.78, 5) is 12.1. The van der Waals surface area contributed by atoms with Crippen molar-refractivity contribution in [2.24, 2.45) is 5.10 Å². The number of ether oxygens (including phenoxy) is 2. The number of rotatable bonds is 6. The van der Waals surface area contributed by atoms with E-state index in [0.29, 0.717) is 21.5 Å². The molecule has 0 saturated carbocycles. The van der Waals surface area contributed by atoms with Crippen LogP contribution in [-0.2, 0) is 4.79 Å². The van der Waals surface area contributed by atoms with Crippen molar-refractivity contribution >= 4 is 34.8 Å². The van der Waals surface area contributed by atoms with Gasteiger partial charge < -0.3 is 9.47 Å². The van der Waals surface area contributed by atoms with Crippen LogP contribution in [0.25, 0.3) is 0 Å². The Morgan fingerprint density at radius 1 is 1.16 bits per heavy atom. The highest BCUT2D eigenvalue weighted by atomic mass is 35.5. The maximum Gasteiger partial charge on any atom is 0.280 e. The number of carbonyl (C=O) groups is 1. The van der Waals surface area contributed by atoms with E-state index in [-0.39, 0.29) is 5.91 Å². The van der Waals surface area contributed by atoms with E-state index in [2.05, 4.69) is 10.5 Å². The number of methoxy groups -OCH3 is 1. The standard InChI is InChI=1S/C18H18Cl2N2O3/c1-11(13-4-7-15(24-3)8-5-13)21-22-18(23)12(2)25-17-9-6-14(19)10-16(17)20/h4-10,12H,1-3H3,(H,22,23)/b21-11+. The SMILES string of the molecule is COc1ccc(/C(C)=N/NC(=O)C(C)Oc2ccc(Cl)cc2Cl)cc1. The van der Waals surface area contributed by atoms with E-state index in [1.165, 1.54) is 0 Å². The van der Waals surface area contributed by atoms with Crippen molar-refractivity contribution in [1.82, 2.24) is 5.43 Å². The van der Waals surface area contributed by atoms with Crippen LogP contribution in [0.4, 0.5) is 0 Å². The van der Waals surface area contributed by atoms with Gasteiger partial charge >= 0.3 is 0 Å². The van der Waals surface area contributed by atoms with Crippen molar-refractivity contribution in [1.29, 1.82) is 0 Å². The Kier molecular flexibility index (Phi) is 6.67. The highest BCUT2D eigenvalue weighted by molar-refractivity contribution is 6.35. The summed E-state index contributed by atoms with van der Waals surface area (Å²) in [5, 5.41) is 4.92. The molecule has 7 heteroatoms. The zero-order chi connectivity index (χ0) is 18.4. The molecule has 0 heterocycles. The number of nitrogens with zero attached hydrogens (tertiary/aromatic N) is 1. The summed E-state index contributed by atoms with van der Waals surface area (Å²) in [6.45, 7) is 3.40. The Morgan fingerprint density at radius 3 is 2.44 bits per heavy atom. The maximum absolute atomic E-state index is 12.1. The van der Waals surface area contributed by atoms with Gasteiger partial charge in [-0.05, 0) is 61.9 Å². The fourth-order valence-corrected chi connectivity index (χ4v) is 2.39. The predicted molar refractivity (Wildman–Crippen MR) is 99.9 cm³/mol. The first-order chi connectivity index (χ1) is 11.9. The van der Waals surface area contributed by atoms with Gasteiger partial charge in [-0.3, -0.25) is 4.79 Å². The van der Waals surface area contributed by atoms with Crippen LogP contribution in [0.3, 0.4) is 0 Å². The van der Waals surface area contributed by atoms with Gasteiger partial charge in [0.15, 0.2) is 6.10 Å². The van der Waals surface area contributed by atoms with Gasteiger partial charge in [-0.25, -0.2) is 5.43 Å². The largest absolute Gasteiger partial charge is 0.497 e. The number of nitrogens with one attached hydrogen (secondary N) is 1. The molecule has 0 spiro atoms. The lowest BCUT2D eigenvalue weighted by atomic mass is 10.1. The van der Waals surface area contributed by atoms with E-state index >= 15 is 0 Å². The quantitative estimate of drug-likeness (QED) is 0.599. The molecule has 1 N–H and O–H groups in total. The minimum atomic E-state index is -0.772. The van der Waals surface area contributed by atoms with Crippen molar-refractivity contribution in [3.05, 3.63) is 58.1 Å². The van der Waals surface area contributed by atoms with Crippen molar-refractivity contribution in [3.63, 3.8) is 0 Å². The molecule has 0 radical (unpaired) electrons. The first-order valence-electron chi connectivity index (χ1n) is 7.51. The predicted octanol–water partition coefficient (Wildman–Crippen LogP) is 4.31. The van der Waals surface area contributed by atoms with E-state index in [4.69, 9.17) is 32.7 Å². The average Bonchev–Trinajstić information content (AvgIpc) is 2.61. The summed E-state index contributed by atoms with van der Waals surface area (Å²) < 4.78 is 10.6. The number of carbonyl (C=O) groups excluding carboxylic acids is 1. The summed E-state index contributed by atoms with van der Waals surface area (Å²) in [5.74, 6) is 0.742. The van der Waals surface area contributed by atoms with Gasteiger partial charge in [-0.15, -0.1) is 0 Å². The molecular formula is C18H18Cl2N2O3. The maximum atomic E-state index is 12.1. The highest BCUT2D eigenvalue weighted by Crippen LogP contribution is 2.28. The zero-order valence-electron chi connectivity index (χ0n) is 14.0. The van der Waals surface area contributed by atoms with E-state index < -0.39 is 6.10 Å². The average molecular weight is 381 g/mol. The van der Waals surface area contributed by atoms with Gasteiger partial charge in [0.1, 0.15) is 11.5 Å². The van der Waals surface area contributed by atoms with E-state index in [9.17, 15) is 4.79 Å². The molecule has 0 aliphatic carbocycles. The molecule has 0 aliphatic rings. The smallest absolute Gasteiger partial charge is 0.280 e. The minimum Gasteiger partial charge on any atom is -0.497 e. The molecule has 5 nitrogen and oxygen atoms in total. The topological polar surface area (TPSA) is 59.9 Å². The summed E-state index contributed by atoms with van der Waals surface area (Å²) in [6, 6.07) is 12.2. The molecule has 0 fully saturated rings. The lowest BCUT2D eigenvalue weighted by Crippen LogP contribution is -2.34. The molecule has 1 unspecified atom stereocenters. The van der Waals surface area contributed by atoms with Gasteiger partial charge in [-0.1, -0.05) is 23.2 Å². The van der Waals surface area contributed by atoms with Crippen LogP contribution in [0.5, 0.6) is 11.5 Å². The van der Waals surface area contributed by atoms with E-state index in [1.807, 2.05) is 24.3 Å². The van der Waals surface area contributed by atoms with Gasteiger partial charge in [0.25, 0.3) is 5.91 Å². The van der Waals surface area contributed by atoms with Crippen LogP contribution < -0.4 is 14.9 Å². The molecular weight excluding hydrogens is 363 g/mol. The summed E-state index contributed by atoms with van der Waals surface area (Å²) in [5.41, 5.74) is 4.01. The van der Waals surface area contributed by atoms with Crippen LogP contribution in [-0.4, -0.2) is 24.8 Å². The second-order valence-electron chi connectivity index (χ2n) is 5.24. The molecule has 0 aromatic heterocycles. The van der Waals surface area contributed by atoms with Gasteiger partial charge in [0, 0.05) is 5.02 Å². The number of amides is 1. The third-order valence-electron chi connectivity index (χ3n) is 3.41. The second kappa shape index (κ2) is 8.74. The molecule has 25 heavy (non-hydrogen) atoms.